The summed E-state index contributed by atoms with van der Waals surface area (Å²) >= 11 is 0. The zero-order chi connectivity index (χ0) is 21.0. The van der Waals surface area contributed by atoms with Crippen LogP contribution in [0.2, 0.25) is 0 Å². The van der Waals surface area contributed by atoms with Gasteiger partial charge in [0.2, 0.25) is 11.8 Å². The first-order chi connectivity index (χ1) is 13.8. The maximum absolute atomic E-state index is 12.1. The third-order valence-electron chi connectivity index (χ3n) is 5.74. The number of hydroxylamine groups is 2. The van der Waals surface area contributed by atoms with Gasteiger partial charge in [0.25, 0.3) is 0 Å². The highest BCUT2D eigenvalue weighted by Gasteiger charge is 2.36. The largest absolute Gasteiger partial charge is 0.782 e. The smallest absolute Gasteiger partial charge is 0.229 e. The van der Waals surface area contributed by atoms with Crippen LogP contribution in [-0.4, -0.2) is 48.1 Å². The lowest BCUT2D eigenvalue weighted by molar-refractivity contribution is -0.152. The lowest BCUT2D eigenvalue weighted by Gasteiger charge is -2.39. The Bertz CT molecular complexity index is 730. The summed E-state index contributed by atoms with van der Waals surface area (Å²) in [7, 11) is 0. The number of likely N-dealkylation sites (tertiary alicyclic amines) is 1. The van der Waals surface area contributed by atoms with Gasteiger partial charge in [0.15, 0.2) is 0 Å². The lowest BCUT2D eigenvalue weighted by atomic mass is 9.82. The van der Waals surface area contributed by atoms with Crippen LogP contribution in [-0.2, 0) is 16.0 Å². The molecule has 0 aliphatic carbocycles. The third kappa shape index (κ3) is 5.56. The number of benzene rings is 1. The number of hydrogen-bond acceptors (Lipinski definition) is 6. The van der Waals surface area contributed by atoms with Crippen molar-refractivity contribution in [2.75, 3.05) is 26.4 Å². The van der Waals surface area contributed by atoms with E-state index in [1.165, 1.54) is 10.5 Å². The number of nitrogens with zero attached hydrogens (tertiary/aromatic N) is 2. The van der Waals surface area contributed by atoms with Gasteiger partial charge in [-0.05, 0) is 56.3 Å². The second kappa shape index (κ2) is 9.24. The van der Waals surface area contributed by atoms with Gasteiger partial charge in [0.05, 0.1) is 0 Å². The number of piperidine rings is 1. The Kier molecular flexibility index (Phi) is 6.93. The predicted molar refractivity (Wildman–Crippen MR) is 111 cm³/mol. The van der Waals surface area contributed by atoms with Gasteiger partial charge in [0.1, 0.15) is 12.5 Å². The van der Waals surface area contributed by atoms with Gasteiger partial charge in [-0.2, -0.15) is 0 Å². The molecule has 160 valence electrons. The van der Waals surface area contributed by atoms with E-state index >= 15 is 0 Å². The average Bonchev–Trinajstić information content (AvgIpc) is 2.65. The Balaban J connectivity index is 1.33. The van der Waals surface area contributed by atoms with Crippen molar-refractivity contribution in [2.45, 2.75) is 58.9 Å². The molecule has 1 fully saturated rings. The summed E-state index contributed by atoms with van der Waals surface area (Å²) in [6, 6.07) is 5.88. The Morgan fingerprint density at radius 3 is 2.62 bits per heavy atom. The molecule has 29 heavy (non-hydrogen) atoms. The summed E-state index contributed by atoms with van der Waals surface area (Å²) < 4.78 is 5.53. The second-order valence-corrected chi connectivity index (χ2v) is 8.90. The van der Waals surface area contributed by atoms with Crippen LogP contribution >= 0.6 is 0 Å². The topological polar surface area (TPSA) is 84.9 Å². The van der Waals surface area contributed by atoms with E-state index in [4.69, 9.17) is 4.74 Å². The number of hydrogen-bond donors (Lipinski definition) is 1. The first-order valence-electron chi connectivity index (χ1n) is 10.5. The van der Waals surface area contributed by atoms with E-state index in [2.05, 4.69) is 11.4 Å². The van der Waals surface area contributed by atoms with Gasteiger partial charge in [0, 0.05) is 31.0 Å². The number of fused-ring (bicyclic) bond motifs is 1. The van der Waals surface area contributed by atoms with Crippen molar-refractivity contribution >= 4 is 11.8 Å². The van der Waals surface area contributed by atoms with E-state index in [0.717, 1.165) is 48.7 Å². The first-order valence-corrected chi connectivity index (χ1v) is 10.5. The molecule has 0 aromatic heterocycles. The number of carbonyl (C=O) groups is 2. The van der Waals surface area contributed by atoms with Crippen LogP contribution in [0.15, 0.2) is 18.2 Å². The SMILES string of the molecule is CC1c2ccc(CCNCCCCN3C(=O)CC(C)(C)CC3=O)cc2OCN1[O-]. The van der Waals surface area contributed by atoms with Crippen LogP contribution in [0.3, 0.4) is 0 Å². The summed E-state index contributed by atoms with van der Waals surface area (Å²) in [6.45, 7) is 8.13. The van der Waals surface area contributed by atoms with Crippen molar-refractivity contribution in [1.29, 1.82) is 0 Å². The van der Waals surface area contributed by atoms with Gasteiger partial charge >= 0.3 is 0 Å². The number of imide groups is 1. The molecule has 2 amide bonds. The molecule has 1 aromatic rings. The molecule has 1 saturated heterocycles. The van der Waals surface area contributed by atoms with Crippen molar-refractivity contribution in [3.05, 3.63) is 34.5 Å². The van der Waals surface area contributed by atoms with E-state index in [0.29, 0.717) is 19.4 Å². The van der Waals surface area contributed by atoms with E-state index < -0.39 is 0 Å². The van der Waals surface area contributed by atoms with Crippen molar-refractivity contribution in [3.63, 3.8) is 0 Å². The summed E-state index contributed by atoms with van der Waals surface area (Å²) in [5.74, 6) is 0.729. The lowest BCUT2D eigenvalue weighted by Crippen LogP contribution is -2.46. The highest BCUT2D eigenvalue weighted by atomic mass is 16.6. The summed E-state index contributed by atoms with van der Waals surface area (Å²) in [5, 5.41) is 16.0. The molecule has 0 bridgehead atoms. The van der Waals surface area contributed by atoms with E-state index in [1.807, 2.05) is 32.9 Å². The molecule has 2 heterocycles. The zero-order valence-corrected chi connectivity index (χ0v) is 17.7. The van der Waals surface area contributed by atoms with E-state index in [1.54, 1.807) is 0 Å². The molecule has 2 aliphatic heterocycles. The Morgan fingerprint density at radius 1 is 1.17 bits per heavy atom. The van der Waals surface area contributed by atoms with Crippen molar-refractivity contribution in [3.8, 4) is 5.75 Å². The standard InChI is InChI=1S/C22H32N3O4/c1-16-18-7-6-17(12-19(18)29-15-25(16)28)8-10-23-9-4-5-11-24-20(26)13-22(2,3)14-21(24)27/h6-7,12,16,23H,4-5,8-11,13-15H2,1-3H3/q-1. The van der Waals surface area contributed by atoms with Crippen molar-refractivity contribution in [2.24, 2.45) is 5.41 Å². The molecule has 1 aromatic carbocycles. The minimum Gasteiger partial charge on any atom is -0.782 e. The van der Waals surface area contributed by atoms with Gasteiger partial charge in [-0.1, -0.05) is 26.0 Å². The number of ether oxygens (including phenoxy) is 1. The number of amides is 2. The minimum atomic E-state index is -0.208. The normalized spacial score (nSPS) is 21.8. The van der Waals surface area contributed by atoms with Gasteiger partial charge < -0.3 is 20.3 Å². The van der Waals surface area contributed by atoms with Crippen LogP contribution in [0.5, 0.6) is 5.75 Å². The molecule has 1 atom stereocenters. The highest BCUT2D eigenvalue weighted by molar-refractivity contribution is 5.98. The fraction of sp³-hybridized carbons (Fsp3) is 0.636. The molecular formula is C22H32N3O4-. The first kappa shape index (κ1) is 21.7. The molecule has 3 rings (SSSR count). The van der Waals surface area contributed by atoms with Crippen molar-refractivity contribution in [1.82, 2.24) is 15.3 Å². The molecule has 0 radical (unpaired) electrons. The molecule has 0 spiro atoms. The second-order valence-electron chi connectivity index (χ2n) is 8.90. The van der Waals surface area contributed by atoms with Gasteiger partial charge in [-0.25, -0.2) is 0 Å². The monoisotopic (exact) mass is 402 g/mol. The fourth-order valence-corrected chi connectivity index (χ4v) is 3.94. The van der Waals surface area contributed by atoms with E-state index in [-0.39, 0.29) is 30.0 Å². The number of carbonyl (C=O) groups excluding carboxylic acids is 2. The van der Waals surface area contributed by atoms with Gasteiger partial charge in [-0.15, -0.1) is 0 Å². The molecule has 7 heteroatoms. The van der Waals surface area contributed by atoms with Crippen LogP contribution in [0.1, 0.15) is 63.6 Å². The maximum atomic E-state index is 12.1. The third-order valence-corrected chi connectivity index (χ3v) is 5.74. The van der Waals surface area contributed by atoms with Crippen molar-refractivity contribution < 1.29 is 14.3 Å². The Morgan fingerprint density at radius 2 is 1.90 bits per heavy atom. The fourth-order valence-electron chi connectivity index (χ4n) is 3.94. The summed E-state index contributed by atoms with van der Waals surface area (Å²) in [4.78, 5) is 25.7. The number of rotatable bonds is 8. The minimum absolute atomic E-state index is 0.0387. The summed E-state index contributed by atoms with van der Waals surface area (Å²) in [6.07, 6.45) is 3.52. The van der Waals surface area contributed by atoms with Crippen LogP contribution in [0.4, 0.5) is 0 Å². The predicted octanol–water partition coefficient (Wildman–Crippen LogP) is 2.98. The van der Waals surface area contributed by atoms with Gasteiger partial charge in [-0.3, -0.25) is 14.5 Å². The zero-order valence-electron chi connectivity index (χ0n) is 17.7. The molecule has 1 unspecified atom stereocenters. The molecule has 7 nitrogen and oxygen atoms in total. The van der Waals surface area contributed by atoms with Crippen LogP contribution < -0.4 is 10.1 Å². The Labute approximate surface area is 173 Å². The number of nitrogens with one attached hydrogen (secondary N) is 1. The van der Waals surface area contributed by atoms with Crippen LogP contribution in [0, 0.1) is 10.6 Å². The molecule has 2 aliphatic rings. The molecular weight excluding hydrogens is 370 g/mol. The highest BCUT2D eigenvalue weighted by Crippen LogP contribution is 2.34. The Hall–Kier alpha value is -1.96. The quantitative estimate of drug-likeness (QED) is 0.532. The summed E-state index contributed by atoms with van der Waals surface area (Å²) in [5.41, 5.74) is 1.91. The number of unbranched alkanes of at least 4 members (excludes halogenated alkanes) is 1. The maximum Gasteiger partial charge on any atom is 0.229 e. The molecule has 0 saturated carbocycles. The van der Waals surface area contributed by atoms with E-state index in [9.17, 15) is 14.8 Å². The molecule has 1 N–H and O–H groups in total. The van der Waals surface area contributed by atoms with Crippen LogP contribution in [0.25, 0.3) is 0 Å². The average molecular weight is 403 g/mol.